The highest BCUT2D eigenvalue weighted by atomic mass is 32.2. The van der Waals surface area contributed by atoms with E-state index in [4.69, 9.17) is 0 Å². The Morgan fingerprint density at radius 1 is 1.16 bits per heavy atom. The molecule has 0 bridgehead atoms. The molecule has 170 valence electrons. The SMILES string of the molecule is CCC1C(=O)NC2CC(NC(=O)c3ccc(S(=O)(=O)N4CCCC4)cc3)CCC2C1C. The van der Waals surface area contributed by atoms with E-state index in [2.05, 4.69) is 24.5 Å². The molecule has 2 heterocycles. The Labute approximate surface area is 185 Å². The van der Waals surface area contributed by atoms with E-state index in [1.807, 2.05) is 0 Å². The summed E-state index contributed by atoms with van der Waals surface area (Å²) in [4.78, 5) is 25.4. The zero-order valence-electron chi connectivity index (χ0n) is 18.3. The highest BCUT2D eigenvalue weighted by Gasteiger charge is 2.43. The highest BCUT2D eigenvalue weighted by molar-refractivity contribution is 7.89. The molecule has 5 atom stereocenters. The molecule has 31 heavy (non-hydrogen) atoms. The van der Waals surface area contributed by atoms with Gasteiger partial charge in [-0.3, -0.25) is 9.59 Å². The maximum Gasteiger partial charge on any atom is 0.251 e. The Morgan fingerprint density at radius 2 is 1.84 bits per heavy atom. The largest absolute Gasteiger partial charge is 0.353 e. The van der Waals surface area contributed by atoms with Crippen LogP contribution in [0.2, 0.25) is 0 Å². The average molecular weight is 448 g/mol. The summed E-state index contributed by atoms with van der Waals surface area (Å²) in [5, 5.41) is 6.27. The molecule has 0 aromatic heterocycles. The average Bonchev–Trinajstić information content (AvgIpc) is 3.30. The molecule has 1 saturated carbocycles. The number of nitrogens with one attached hydrogen (secondary N) is 2. The van der Waals surface area contributed by atoms with E-state index in [0.717, 1.165) is 38.5 Å². The number of fused-ring (bicyclic) bond motifs is 1. The molecule has 2 N–H and O–H groups in total. The molecule has 3 fully saturated rings. The topological polar surface area (TPSA) is 95.6 Å². The quantitative estimate of drug-likeness (QED) is 0.725. The number of rotatable bonds is 5. The highest BCUT2D eigenvalue weighted by Crippen LogP contribution is 2.39. The number of benzene rings is 1. The molecular formula is C23H33N3O4S. The van der Waals surface area contributed by atoms with Crippen molar-refractivity contribution in [3.63, 3.8) is 0 Å². The molecule has 7 nitrogen and oxygen atoms in total. The molecule has 2 saturated heterocycles. The first-order valence-corrected chi connectivity index (χ1v) is 13.0. The van der Waals surface area contributed by atoms with Crippen LogP contribution in [0.3, 0.4) is 0 Å². The lowest BCUT2D eigenvalue weighted by molar-refractivity contribution is -0.133. The van der Waals surface area contributed by atoms with Crippen molar-refractivity contribution >= 4 is 21.8 Å². The standard InChI is InChI=1S/C23H33N3O4S/c1-3-19-15(2)20-11-8-17(14-21(20)25-23(19)28)24-22(27)16-6-9-18(10-7-16)31(29,30)26-12-4-5-13-26/h6-7,9-10,15,17,19-21H,3-5,8,11-14H2,1-2H3,(H,24,27)(H,25,28). The summed E-state index contributed by atoms with van der Waals surface area (Å²) >= 11 is 0. The lowest BCUT2D eigenvalue weighted by Gasteiger charge is -2.46. The van der Waals surface area contributed by atoms with Gasteiger partial charge in [0.1, 0.15) is 0 Å². The van der Waals surface area contributed by atoms with Gasteiger partial charge in [-0.2, -0.15) is 4.31 Å². The van der Waals surface area contributed by atoms with Crippen LogP contribution in [0.25, 0.3) is 0 Å². The summed E-state index contributed by atoms with van der Waals surface area (Å²) in [5.41, 5.74) is 0.453. The third-order valence-electron chi connectivity index (χ3n) is 7.47. The Morgan fingerprint density at radius 3 is 2.48 bits per heavy atom. The number of sulfonamides is 1. The monoisotopic (exact) mass is 447 g/mol. The van der Waals surface area contributed by atoms with Gasteiger partial charge in [-0.15, -0.1) is 0 Å². The molecule has 2 aliphatic heterocycles. The molecule has 2 amide bonds. The zero-order valence-corrected chi connectivity index (χ0v) is 19.2. The van der Waals surface area contributed by atoms with Gasteiger partial charge in [-0.25, -0.2) is 8.42 Å². The van der Waals surface area contributed by atoms with Crippen molar-refractivity contribution in [2.24, 2.45) is 17.8 Å². The van der Waals surface area contributed by atoms with Gasteiger partial charge >= 0.3 is 0 Å². The van der Waals surface area contributed by atoms with Crippen LogP contribution in [0.5, 0.6) is 0 Å². The van der Waals surface area contributed by atoms with Gasteiger partial charge in [-0.1, -0.05) is 13.8 Å². The fourth-order valence-corrected chi connectivity index (χ4v) is 7.15. The minimum Gasteiger partial charge on any atom is -0.353 e. The fraction of sp³-hybridized carbons (Fsp3) is 0.652. The van der Waals surface area contributed by atoms with E-state index in [-0.39, 0.29) is 34.7 Å². The number of carbonyl (C=O) groups is 2. The number of piperidine rings is 1. The second kappa shape index (κ2) is 8.90. The van der Waals surface area contributed by atoms with Crippen molar-refractivity contribution in [1.29, 1.82) is 0 Å². The van der Waals surface area contributed by atoms with Crippen LogP contribution in [0.15, 0.2) is 29.2 Å². The molecule has 1 aromatic rings. The van der Waals surface area contributed by atoms with Crippen LogP contribution >= 0.6 is 0 Å². The van der Waals surface area contributed by atoms with Crippen molar-refractivity contribution in [2.45, 2.75) is 69.4 Å². The summed E-state index contributed by atoms with van der Waals surface area (Å²) in [5.74, 6) is 0.854. The zero-order chi connectivity index (χ0) is 22.2. The van der Waals surface area contributed by atoms with Gasteiger partial charge in [0.25, 0.3) is 5.91 Å². The van der Waals surface area contributed by atoms with Gasteiger partial charge in [-0.05, 0) is 74.6 Å². The lowest BCUT2D eigenvalue weighted by Crippen LogP contribution is -2.58. The van der Waals surface area contributed by atoms with E-state index in [1.54, 1.807) is 12.1 Å². The number of hydrogen-bond acceptors (Lipinski definition) is 4. The number of amides is 2. The molecule has 1 aromatic carbocycles. The van der Waals surface area contributed by atoms with Crippen molar-refractivity contribution in [3.8, 4) is 0 Å². The third kappa shape index (κ3) is 4.37. The van der Waals surface area contributed by atoms with Crippen molar-refractivity contribution in [2.75, 3.05) is 13.1 Å². The fourth-order valence-electron chi connectivity index (χ4n) is 5.63. The van der Waals surface area contributed by atoms with E-state index in [0.29, 0.717) is 30.5 Å². The van der Waals surface area contributed by atoms with E-state index < -0.39 is 10.0 Å². The van der Waals surface area contributed by atoms with Crippen molar-refractivity contribution in [3.05, 3.63) is 29.8 Å². The first kappa shape index (κ1) is 22.3. The lowest BCUT2D eigenvalue weighted by atomic mass is 9.67. The molecule has 8 heteroatoms. The van der Waals surface area contributed by atoms with E-state index in [9.17, 15) is 18.0 Å². The van der Waals surface area contributed by atoms with Gasteiger partial charge in [0.2, 0.25) is 15.9 Å². The smallest absolute Gasteiger partial charge is 0.251 e. The summed E-state index contributed by atoms with van der Waals surface area (Å²) in [6.07, 6.45) is 5.26. The Kier molecular flexibility index (Phi) is 6.40. The molecule has 3 aliphatic rings. The summed E-state index contributed by atoms with van der Waals surface area (Å²) in [6, 6.07) is 6.33. The van der Waals surface area contributed by atoms with Crippen LogP contribution in [0.1, 0.15) is 62.7 Å². The Balaban J connectivity index is 1.37. The van der Waals surface area contributed by atoms with E-state index in [1.165, 1.54) is 16.4 Å². The van der Waals surface area contributed by atoms with E-state index >= 15 is 0 Å². The predicted octanol–water partition coefficient (Wildman–Crippen LogP) is 2.53. The molecule has 1 aliphatic carbocycles. The Hall–Kier alpha value is -1.93. The number of hydrogen-bond donors (Lipinski definition) is 2. The third-order valence-corrected chi connectivity index (χ3v) is 9.39. The summed E-state index contributed by atoms with van der Waals surface area (Å²) in [6.45, 7) is 5.36. The molecular weight excluding hydrogens is 414 g/mol. The van der Waals surface area contributed by atoms with Gasteiger partial charge in [0.05, 0.1) is 4.90 Å². The second-order valence-corrected chi connectivity index (χ2v) is 11.2. The minimum atomic E-state index is -3.48. The van der Waals surface area contributed by atoms with Gasteiger partial charge < -0.3 is 10.6 Å². The minimum absolute atomic E-state index is 0.00688. The molecule has 0 radical (unpaired) electrons. The van der Waals surface area contributed by atoms with Gasteiger partial charge in [0, 0.05) is 36.7 Å². The van der Waals surface area contributed by atoms with Crippen LogP contribution in [-0.2, 0) is 14.8 Å². The van der Waals surface area contributed by atoms with Crippen molar-refractivity contribution in [1.82, 2.24) is 14.9 Å². The predicted molar refractivity (Wildman–Crippen MR) is 118 cm³/mol. The first-order valence-electron chi connectivity index (χ1n) is 11.5. The maximum absolute atomic E-state index is 12.8. The van der Waals surface area contributed by atoms with Crippen LogP contribution < -0.4 is 10.6 Å². The molecule has 0 spiro atoms. The number of nitrogens with zero attached hydrogens (tertiary/aromatic N) is 1. The first-order chi connectivity index (χ1) is 14.8. The normalized spacial score (nSPS) is 31.7. The molecule has 4 rings (SSSR count). The second-order valence-electron chi connectivity index (χ2n) is 9.27. The summed E-state index contributed by atoms with van der Waals surface area (Å²) < 4.78 is 26.8. The van der Waals surface area contributed by atoms with Crippen LogP contribution in [-0.4, -0.2) is 49.7 Å². The van der Waals surface area contributed by atoms with Crippen LogP contribution in [0, 0.1) is 17.8 Å². The van der Waals surface area contributed by atoms with Crippen molar-refractivity contribution < 1.29 is 18.0 Å². The number of carbonyl (C=O) groups excluding carboxylic acids is 2. The maximum atomic E-state index is 12.8. The Bertz CT molecular complexity index is 925. The van der Waals surface area contributed by atoms with Crippen LogP contribution in [0.4, 0.5) is 0 Å². The molecule has 5 unspecified atom stereocenters. The summed E-state index contributed by atoms with van der Waals surface area (Å²) in [7, 11) is -3.48. The van der Waals surface area contributed by atoms with Gasteiger partial charge in [0.15, 0.2) is 0 Å².